The molecule has 4 nitrogen and oxygen atoms in total. The average Bonchev–Trinajstić information content (AvgIpc) is 2.34. The van der Waals surface area contributed by atoms with Crippen LogP contribution in [0.25, 0.3) is 0 Å². The summed E-state index contributed by atoms with van der Waals surface area (Å²) in [6.45, 7) is 2.01. The van der Waals surface area contributed by atoms with Crippen LogP contribution < -0.4 is 11.5 Å². The Morgan fingerprint density at radius 1 is 1.17 bits per heavy atom. The lowest BCUT2D eigenvalue weighted by atomic mass is 10.3. The molecule has 1 aromatic carbocycles. The Labute approximate surface area is 115 Å². The maximum Gasteiger partial charge on any atom is 0.222 e. The maximum atomic E-state index is 5.90. The average molecular weight is 281 g/mol. The van der Waals surface area contributed by atoms with Crippen molar-refractivity contribution in [2.24, 2.45) is 0 Å². The van der Waals surface area contributed by atoms with Crippen LogP contribution in [-0.2, 0) is 6.42 Å². The predicted octanol–water partition coefficient (Wildman–Crippen LogP) is 3.01. The molecular weight excluding hydrogens is 268 g/mol. The Morgan fingerprint density at radius 2 is 1.83 bits per heavy atom. The molecule has 0 bridgehead atoms. The molecule has 0 spiro atoms. The first-order valence-electron chi connectivity index (χ1n) is 5.45. The SMILES string of the molecule is CCc1nc(N)nc(N)c1Sc1ccc(Cl)cc1. The van der Waals surface area contributed by atoms with E-state index in [1.54, 1.807) is 0 Å². The third-order valence-electron chi connectivity index (χ3n) is 2.35. The molecule has 0 aliphatic rings. The van der Waals surface area contributed by atoms with Gasteiger partial charge in [0, 0.05) is 9.92 Å². The third-order valence-corrected chi connectivity index (χ3v) is 3.76. The molecule has 0 amide bonds. The second-order valence-electron chi connectivity index (χ2n) is 3.65. The largest absolute Gasteiger partial charge is 0.383 e. The van der Waals surface area contributed by atoms with Crippen molar-refractivity contribution in [1.29, 1.82) is 0 Å². The Bertz CT molecular complexity index is 557. The van der Waals surface area contributed by atoms with Gasteiger partial charge in [0.25, 0.3) is 0 Å². The molecule has 18 heavy (non-hydrogen) atoms. The number of hydrogen-bond donors (Lipinski definition) is 2. The number of hydrogen-bond acceptors (Lipinski definition) is 5. The van der Waals surface area contributed by atoms with Gasteiger partial charge < -0.3 is 11.5 Å². The first kappa shape index (κ1) is 13.0. The zero-order valence-corrected chi connectivity index (χ0v) is 11.4. The lowest BCUT2D eigenvalue weighted by molar-refractivity contribution is 0.956. The van der Waals surface area contributed by atoms with Crippen molar-refractivity contribution in [3.05, 3.63) is 35.0 Å². The highest BCUT2D eigenvalue weighted by Crippen LogP contribution is 2.34. The second kappa shape index (κ2) is 5.46. The zero-order valence-electron chi connectivity index (χ0n) is 9.85. The van der Waals surface area contributed by atoms with E-state index in [2.05, 4.69) is 9.97 Å². The minimum atomic E-state index is 0.213. The van der Waals surface area contributed by atoms with Crippen LogP contribution >= 0.6 is 23.4 Å². The molecule has 1 aromatic heterocycles. The van der Waals surface area contributed by atoms with E-state index in [-0.39, 0.29) is 5.95 Å². The Morgan fingerprint density at radius 3 is 2.44 bits per heavy atom. The highest BCUT2D eigenvalue weighted by molar-refractivity contribution is 7.99. The van der Waals surface area contributed by atoms with E-state index in [0.717, 1.165) is 21.9 Å². The number of benzene rings is 1. The van der Waals surface area contributed by atoms with Crippen LogP contribution in [0, 0.1) is 0 Å². The summed E-state index contributed by atoms with van der Waals surface area (Å²) < 4.78 is 0. The Hall–Kier alpha value is -1.46. The summed E-state index contributed by atoms with van der Waals surface area (Å²) in [5, 5.41) is 0.705. The quantitative estimate of drug-likeness (QED) is 0.904. The van der Waals surface area contributed by atoms with E-state index in [1.807, 2.05) is 31.2 Å². The maximum absolute atomic E-state index is 5.90. The number of anilines is 2. The van der Waals surface area contributed by atoms with Gasteiger partial charge in [-0.25, -0.2) is 4.98 Å². The van der Waals surface area contributed by atoms with Crippen LogP contribution in [0.2, 0.25) is 5.02 Å². The van der Waals surface area contributed by atoms with Crippen molar-refractivity contribution in [2.75, 3.05) is 11.5 Å². The molecule has 2 rings (SSSR count). The Balaban J connectivity index is 2.36. The molecular formula is C12H13ClN4S. The number of nitrogens with zero attached hydrogens (tertiary/aromatic N) is 2. The summed E-state index contributed by atoms with van der Waals surface area (Å²) in [5.74, 6) is 0.629. The number of halogens is 1. The molecule has 1 heterocycles. The summed E-state index contributed by atoms with van der Waals surface area (Å²) in [6, 6.07) is 7.54. The molecule has 94 valence electrons. The van der Waals surface area contributed by atoms with Crippen molar-refractivity contribution in [3.63, 3.8) is 0 Å². The highest BCUT2D eigenvalue weighted by atomic mass is 35.5. The van der Waals surface area contributed by atoms with E-state index in [1.165, 1.54) is 11.8 Å². The van der Waals surface area contributed by atoms with Gasteiger partial charge in [-0.3, -0.25) is 0 Å². The molecule has 0 saturated carbocycles. The normalized spacial score (nSPS) is 10.6. The fourth-order valence-corrected chi connectivity index (χ4v) is 2.60. The van der Waals surface area contributed by atoms with Gasteiger partial charge in [-0.05, 0) is 30.7 Å². The predicted molar refractivity (Wildman–Crippen MR) is 75.8 cm³/mol. The molecule has 0 unspecified atom stereocenters. The van der Waals surface area contributed by atoms with Crippen LogP contribution in [-0.4, -0.2) is 9.97 Å². The second-order valence-corrected chi connectivity index (χ2v) is 5.17. The van der Waals surface area contributed by atoms with Crippen molar-refractivity contribution in [1.82, 2.24) is 9.97 Å². The van der Waals surface area contributed by atoms with Gasteiger partial charge in [-0.15, -0.1) is 0 Å². The molecule has 0 radical (unpaired) electrons. The van der Waals surface area contributed by atoms with Crippen molar-refractivity contribution >= 4 is 35.1 Å². The fraction of sp³-hybridized carbons (Fsp3) is 0.167. The zero-order chi connectivity index (χ0) is 13.1. The molecule has 2 aromatic rings. The van der Waals surface area contributed by atoms with Crippen LogP contribution in [0.5, 0.6) is 0 Å². The van der Waals surface area contributed by atoms with Crippen LogP contribution in [0.3, 0.4) is 0 Å². The number of aromatic nitrogens is 2. The van der Waals surface area contributed by atoms with E-state index in [9.17, 15) is 0 Å². The summed E-state index contributed by atoms with van der Waals surface area (Å²) in [7, 11) is 0. The summed E-state index contributed by atoms with van der Waals surface area (Å²) in [6.07, 6.45) is 0.757. The van der Waals surface area contributed by atoms with Crippen LogP contribution in [0.4, 0.5) is 11.8 Å². The lowest BCUT2D eigenvalue weighted by Crippen LogP contribution is -2.05. The van der Waals surface area contributed by atoms with E-state index in [4.69, 9.17) is 23.1 Å². The van der Waals surface area contributed by atoms with Crippen molar-refractivity contribution < 1.29 is 0 Å². The van der Waals surface area contributed by atoms with Crippen LogP contribution in [0.15, 0.2) is 34.1 Å². The smallest absolute Gasteiger partial charge is 0.222 e. The molecule has 0 fully saturated rings. The fourth-order valence-electron chi connectivity index (χ4n) is 1.51. The van der Waals surface area contributed by atoms with Gasteiger partial charge in [-0.1, -0.05) is 30.3 Å². The van der Waals surface area contributed by atoms with Gasteiger partial charge in [0.1, 0.15) is 5.82 Å². The first-order valence-corrected chi connectivity index (χ1v) is 6.65. The van der Waals surface area contributed by atoms with Gasteiger partial charge in [0.15, 0.2) is 0 Å². The summed E-state index contributed by atoms with van der Waals surface area (Å²) in [4.78, 5) is 10.1. The van der Waals surface area contributed by atoms with Gasteiger partial charge in [-0.2, -0.15) is 4.98 Å². The third kappa shape index (κ3) is 2.86. The molecule has 4 N–H and O–H groups in total. The van der Waals surface area contributed by atoms with Gasteiger partial charge >= 0.3 is 0 Å². The number of nitrogens with two attached hydrogens (primary N) is 2. The van der Waals surface area contributed by atoms with Gasteiger partial charge in [0.2, 0.25) is 5.95 Å². The number of rotatable bonds is 3. The van der Waals surface area contributed by atoms with Crippen LogP contribution in [0.1, 0.15) is 12.6 Å². The monoisotopic (exact) mass is 280 g/mol. The molecule has 0 aliphatic heterocycles. The standard InChI is InChI=1S/C12H13ClN4S/c1-2-9-10(11(14)17-12(15)16-9)18-8-5-3-7(13)4-6-8/h3-6H,2H2,1H3,(H4,14,15,16,17). The van der Waals surface area contributed by atoms with E-state index >= 15 is 0 Å². The van der Waals surface area contributed by atoms with Gasteiger partial charge in [0.05, 0.1) is 10.6 Å². The highest BCUT2D eigenvalue weighted by Gasteiger charge is 2.11. The minimum absolute atomic E-state index is 0.213. The summed E-state index contributed by atoms with van der Waals surface area (Å²) >= 11 is 7.37. The number of nitrogen functional groups attached to an aromatic ring is 2. The minimum Gasteiger partial charge on any atom is -0.383 e. The van der Waals surface area contributed by atoms with Crippen molar-refractivity contribution in [2.45, 2.75) is 23.1 Å². The van der Waals surface area contributed by atoms with E-state index < -0.39 is 0 Å². The number of aryl methyl sites for hydroxylation is 1. The molecule has 6 heteroatoms. The topological polar surface area (TPSA) is 77.8 Å². The summed E-state index contributed by atoms with van der Waals surface area (Å²) in [5.41, 5.74) is 12.3. The Kier molecular flexibility index (Phi) is 3.93. The van der Waals surface area contributed by atoms with E-state index in [0.29, 0.717) is 10.8 Å². The molecule has 0 saturated heterocycles. The first-order chi connectivity index (χ1) is 8.60. The van der Waals surface area contributed by atoms with Crippen molar-refractivity contribution in [3.8, 4) is 0 Å². The lowest BCUT2D eigenvalue weighted by Gasteiger charge is -2.10. The molecule has 0 aliphatic carbocycles. The molecule has 0 atom stereocenters.